The standard InChI is InChI=1S/C16H13NO2S/c1-19-14-7-6-10(8-13(14)17)16(18)12-9-20-15-5-3-2-4-11(12)15/h2-9H,17H2,1H3. The van der Waals surface area contributed by atoms with Crippen LogP contribution in [0.15, 0.2) is 47.8 Å². The minimum Gasteiger partial charge on any atom is -0.495 e. The molecule has 4 heteroatoms. The van der Waals surface area contributed by atoms with Crippen LogP contribution in [0.4, 0.5) is 5.69 Å². The molecule has 0 saturated heterocycles. The number of fused-ring (bicyclic) bond motifs is 1. The molecular weight excluding hydrogens is 270 g/mol. The number of carbonyl (C=O) groups is 1. The zero-order chi connectivity index (χ0) is 14.1. The zero-order valence-corrected chi connectivity index (χ0v) is 11.7. The van der Waals surface area contributed by atoms with E-state index in [9.17, 15) is 4.79 Å². The van der Waals surface area contributed by atoms with Gasteiger partial charge in [0, 0.05) is 26.6 Å². The summed E-state index contributed by atoms with van der Waals surface area (Å²) < 4.78 is 6.22. The second-order valence-corrected chi connectivity index (χ2v) is 5.34. The van der Waals surface area contributed by atoms with Crippen molar-refractivity contribution in [3.8, 4) is 5.75 Å². The first-order valence-corrected chi connectivity index (χ1v) is 7.03. The summed E-state index contributed by atoms with van der Waals surface area (Å²) in [7, 11) is 1.56. The van der Waals surface area contributed by atoms with Crippen LogP contribution in [0, 0.1) is 0 Å². The highest BCUT2D eigenvalue weighted by Gasteiger charge is 2.15. The quantitative estimate of drug-likeness (QED) is 0.588. The van der Waals surface area contributed by atoms with E-state index in [1.54, 1.807) is 36.6 Å². The molecule has 1 heterocycles. The average molecular weight is 283 g/mol. The van der Waals surface area contributed by atoms with Gasteiger partial charge in [-0.05, 0) is 24.3 Å². The number of carbonyl (C=O) groups excluding carboxylic acids is 1. The largest absolute Gasteiger partial charge is 0.495 e. The van der Waals surface area contributed by atoms with E-state index in [2.05, 4.69) is 0 Å². The third-order valence-electron chi connectivity index (χ3n) is 3.22. The Kier molecular flexibility index (Phi) is 3.16. The van der Waals surface area contributed by atoms with Gasteiger partial charge in [0.1, 0.15) is 5.75 Å². The van der Waals surface area contributed by atoms with Gasteiger partial charge in [-0.1, -0.05) is 18.2 Å². The smallest absolute Gasteiger partial charge is 0.194 e. The molecule has 100 valence electrons. The molecule has 0 aliphatic rings. The molecule has 0 spiro atoms. The Labute approximate surface area is 120 Å². The third-order valence-corrected chi connectivity index (χ3v) is 4.18. The second-order valence-electron chi connectivity index (χ2n) is 4.43. The second kappa shape index (κ2) is 4.98. The van der Waals surface area contributed by atoms with Crippen LogP contribution in [0.3, 0.4) is 0 Å². The fourth-order valence-corrected chi connectivity index (χ4v) is 3.13. The average Bonchev–Trinajstić information content (AvgIpc) is 2.90. The third kappa shape index (κ3) is 2.04. The predicted molar refractivity (Wildman–Crippen MR) is 82.7 cm³/mol. The number of ether oxygens (including phenoxy) is 1. The molecule has 0 bridgehead atoms. The van der Waals surface area contributed by atoms with Gasteiger partial charge >= 0.3 is 0 Å². The van der Waals surface area contributed by atoms with E-state index in [-0.39, 0.29) is 5.78 Å². The van der Waals surface area contributed by atoms with Gasteiger partial charge in [0.2, 0.25) is 0 Å². The van der Waals surface area contributed by atoms with Crippen LogP contribution in [0.5, 0.6) is 5.75 Å². The van der Waals surface area contributed by atoms with Crippen molar-refractivity contribution in [2.75, 3.05) is 12.8 Å². The summed E-state index contributed by atoms with van der Waals surface area (Å²) in [5, 5.41) is 2.88. The normalized spacial score (nSPS) is 10.7. The van der Waals surface area contributed by atoms with Crippen LogP contribution in [-0.2, 0) is 0 Å². The van der Waals surface area contributed by atoms with Crippen molar-refractivity contribution in [3.63, 3.8) is 0 Å². The highest BCUT2D eigenvalue weighted by molar-refractivity contribution is 7.17. The van der Waals surface area contributed by atoms with E-state index < -0.39 is 0 Å². The zero-order valence-electron chi connectivity index (χ0n) is 10.9. The molecule has 3 nitrogen and oxygen atoms in total. The molecule has 0 fully saturated rings. The fourth-order valence-electron chi connectivity index (χ4n) is 2.18. The predicted octanol–water partition coefficient (Wildman–Crippen LogP) is 3.72. The van der Waals surface area contributed by atoms with Gasteiger partial charge < -0.3 is 10.5 Å². The first-order valence-electron chi connectivity index (χ1n) is 6.15. The van der Waals surface area contributed by atoms with Gasteiger partial charge in [0.15, 0.2) is 5.78 Å². The lowest BCUT2D eigenvalue weighted by atomic mass is 10.0. The Morgan fingerprint density at radius 1 is 1.20 bits per heavy atom. The molecule has 0 radical (unpaired) electrons. The minimum atomic E-state index is -0.0168. The van der Waals surface area contributed by atoms with Crippen LogP contribution in [-0.4, -0.2) is 12.9 Å². The van der Waals surface area contributed by atoms with Crippen molar-refractivity contribution < 1.29 is 9.53 Å². The summed E-state index contributed by atoms with van der Waals surface area (Å²) in [5.74, 6) is 0.563. The Morgan fingerprint density at radius 3 is 2.75 bits per heavy atom. The maximum absolute atomic E-state index is 12.6. The molecule has 3 rings (SSSR count). The van der Waals surface area contributed by atoms with Crippen molar-refractivity contribution >= 4 is 32.9 Å². The Balaban J connectivity index is 2.06. The van der Waals surface area contributed by atoms with Crippen molar-refractivity contribution in [3.05, 3.63) is 59.0 Å². The fraction of sp³-hybridized carbons (Fsp3) is 0.0625. The first-order chi connectivity index (χ1) is 9.70. The lowest BCUT2D eigenvalue weighted by molar-refractivity contribution is 0.104. The van der Waals surface area contributed by atoms with Gasteiger partial charge in [-0.2, -0.15) is 0 Å². The van der Waals surface area contributed by atoms with Crippen molar-refractivity contribution in [2.45, 2.75) is 0 Å². The van der Waals surface area contributed by atoms with Crippen molar-refractivity contribution in [2.24, 2.45) is 0 Å². The lowest BCUT2D eigenvalue weighted by Gasteiger charge is -2.06. The molecule has 0 aliphatic heterocycles. The molecule has 3 aromatic rings. The Hall–Kier alpha value is -2.33. The van der Waals surface area contributed by atoms with Crippen LogP contribution < -0.4 is 10.5 Å². The molecule has 2 aromatic carbocycles. The van der Waals surface area contributed by atoms with Crippen LogP contribution in [0.2, 0.25) is 0 Å². The molecule has 0 saturated carbocycles. The summed E-state index contributed by atoms with van der Waals surface area (Å²) in [6.45, 7) is 0. The molecule has 1 aromatic heterocycles. The summed E-state index contributed by atoms with van der Waals surface area (Å²) in [5.41, 5.74) is 7.62. The topological polar surface area (TPSA) is 52.3 Å². The van der Waals surface area contributed by atoms with Crippen LogP contribution >= 0.6 is 11.3 Å². The van der Waals surface area contributed by atoms with Gasteiger partial charge in [0.25, 0.3) is 0 Å². The van der Waals surface area contributed by atoms with E-state index >= 15 is 0 Å². The monoisotopic (exact) mass is 283 g/mol. The number of thiophene rings is 1. The lowest BCUT2D eigenvalue weighted by Crippen LogP contribution is -2.02. The van der Waals surface area contributed by atoms with Gasteiger partial charge in [0.05, 0.1) is 12.8 Å². The van der Waals surface area contributed by atoms with E-state index in [1.807, 2.05) is 29.6 Å². The van der Waals surface area contributed by atoms with Crippen molar-refractivity contribution in [1.82, 2.24) is 0 Å². The van der Waals surface area contributed by atoms with E-state index in [1.165, 1.54) is 0 Å². The van der Waals surface area contributed by atoms with E-state index in [0.29, 0.717) is 17.0 Å². The molecule has 2 N–H and O–H groups in total. The maximum Gasteiger partial charge on any atom is 0.194 e. The highest BCUT2D eigenvalue weighted by Crippen LogP contribution is 2.29. The minimum absolute atomic E-state index is 0.0168. The summed E-state index contributed by atoms with van der Waals surface area (Å²) >= 11 is 1.57. The van der Waals surface area contributed by atoms with E-state index in [4.69, 9.17) is 10.5 Å². The molecular formula is C16H13NO2S. The molecule has 0 aliphatic carbocycles. The molecule has 0 atom stereocenters. The highest BCUT2D eigenvalue weighted by atomic mass is 32.1. The Morgan fingerprint density at radius 2 is 2.00 bits per heavy atom. The molecule has 20 heavy (non-hydrogen) atoms. The number of hydrogen-bond acceptors (Lipinski definition) is 4. The number of ketones is 1. The van der Waals surface area contributed by atoms with Crippen LogP contribution in [0.1, 0.15) is 15.9 Å². The number of methoxy groups -OCH3 is 1. The summed E-state index contributed by atoms with van der Waals surface area (Å²) in [6, 6.07) is 13.0. The maximum atomic E-state index is 12.6. The van der Waals surface area contributed by atoms with E-state index in [0.717, 1.165) is 15.6 Å². The number of anilines is 1. The molecule has 0 amide bonds. The number of nitrogens with two attached hydrogens (primary N) is 1. The van der Waals surface area contributed by atoms with Crippen molar-refractivity contribution in [1.29, 1.82) is 0 Å². The number of nitrogen functional groups attached to an aromatic ring is 1. The molecule has 0 unspecified atom stereocenters. The summed E-state index contributed by atoms with van der Waals surface area (Å²) in [4.78, 5) is 12.6. The van der Waals surface area contributed by atoms with Gasteiger partial charge in [-0.3, -0.25) is 4.79 Å². The van der Waals surface area contributed by atoms with Gasteiger partial charge in [-0.15, -0.1) is 11.3 Å². The number of rotatable bonds is 3. The number of hydrogen-bond donors (Lipinski definition) is 1. The Bertz CT molecular complexity index is 792. The SMILES string of the molecule is COc1ccc(C(=O)c2csc3ccccc23)cc1N. The van der Waals surface area contributed by atoms with Gasteiger partial charge in [-0.25, -0.2) is 0 Å². The summed E-state index contributed by atoms with van der Waals surface area (Å²) in [6.07, 6.45) is 0. The first kappa shape index (κ1) is 12.7. The number of benzene rings is 2. The van der Waals surface area contributed by atoms with Crippen LogP contribution in [0.25, 0.3) is 10.1 Å².